The minimum atomic E-state index is -1.99. The van der Waals surface area contributed by atoms with Crippen LogP contribution in [0.4, 0.5) is 0 Å². The van der Waals surface area contributed by atoms with Crippen LogP contribution in [0.3, 0.4) is 0 Å². The lowest BCUT2D eigenvalue weighted by Gasteiger charge is -2.25. The summed E-state index contributed by atoms with van der Waals surface area (Å²) in [5.74, 6) is -1.02. The largest absolute Gasteiger partial charge is 0.290 e. The molecule has 0 N–H and O–H groups in total. The maximum atomic E-state index is 12.3. The van der Waals surface area contributed by atoms with Gasteiger partial charge in [0.2, 0.25) is 15.9 Å². The van der Waals surface area contributed by atoms with Crippen LogP contribution in [0, 0.1) is 0 Å². The summed E-state index contributed by atoms with van der Waals surface area (Å²) < 4.78 is -1.99. The fourth-order valence-corrected chi connectivity index (χ4v) is 3.56. The van der Waals surface area contributed by atoms with E-state index in [0.717, 1.165) is 23.6 Å². The lowest BCUT2D eigenvalue weighted by atomic mass is 9.84. The molecule has 0 saturated carbocycles. The Hall–Kier alpha value is -1.38. The average Bonchev–Trinajstić information content (AvgIpc) is 3.02. The third kappa shape index (κ3) is 2.49. The first-order chi connectivity index (χ1) is 11.0. The zero-order valence-corrected chi connectivity index (χ0v) is 15.3. The second kappa shape index (κ2) is 6.62. The molecule has 0 aromatic heterocycles. The Balaban J connectivity index is 0.000000448. The summed E-state index contributed by atoms with van der Waals surface area (Å²) in [4.78, 5) is 24.6. The first-order valence-corrected chi connectivity index (χ1v) is 8.82. The van der Waals surface area contributed by atoms with E-state index in [1.165, 1.54) is 11.1 Å². The van der Waals surface area contributed by atoms with Gasteiger partial charge in [-0.15, -0.1) is 0 Å². The van der Waals surface area contributed by atoms with Crippen LogP contribution >= 0.6 is 23.2 Å². The Kier molecular flexibility index (Phi) is 5.17. The van der Waals surface area contributed by atoms with E-state index in [1.807, 2.05) is 39.8 Å². The van der Waals surface area contributed by atoms with Crippen molar-refractivity contribution < 1.29 is 9.59 Å². The molecule has 122 valence electrons. The van der Waals surface area contributed by atoms with E-state index >= 15 is 0 Å². The molecule has 0 radical (unpaired) electrons. The van der Waals surface area contributed by atoms with Crippen LogP contribution in [-0.4, -0.2) is 15.9 Å². The number of alkyl halides is 2. The molecule has 0 amide bonds. The molecule has 0 bridgehead atoms. The number of ketones is 2. The predicted molar refractivity (Wildman–Crippen MR) is 97.2 cm³/mol. The fourth-order valence-electron chi connectivity index (χ4n) is 3.15. The van der Waals surface area contributed by atoms with Crippen molar-refractivity contribution in [3.8, 4) is 0 Å². The molecule has 2 aliphatic rings. The molecule has 0 heterocycles. The summed E-state index contributed by atoms with van der Waals surface area (Å²) >= 11 is 11.9. The second-order valence-electron chi connectivity index (χ2n) is 5.03. The Morgan fingerprint density at radius 2 is 1.13 bits per heavy atom. The first kappa shape index (κ1) is 18.0. The summed E-state index contributed by atoms with van der Waals surface area (Å²) in [5.41, 5.74) is 3.30. The lowest BCUT2D eigenvalue weighted by Crippen LogP contribution is -2.39. The van der Waals surface area contributed by atoms with Crippen molar-refractivity contribution in [2.45, 2.75) is 44.9 Å². The summed E-state index contributed by atoms with van der Waals surface area (Å²) in [7, 11) is 0. The van der Waals surface area contributed by atoms with Crippen molar-refractivity contribution in [1.29, 1.82) is 0 Å². The van der Waals surface area contributed by atoms with Crippen LogP contribution in [0.2, 0.25) is 0 Å². The summed E-state index contributed by atoms with van der Waals surface area (Å²) in [5, 5.41) is 1.78. The molecular formula is C19H20Cl2O2. The zero-order valence-electron chi connectivity index (χ0n) is 13.8. The van der Waals surface area contributed by atoms with Gasteiger partial charge >= 0.3 is 0 Å². The highest BCUT2D eigenvalue weighted by Crippen LogP contribution is 2.43. The van der Waals surface area contributed by atoms with Gasteiger partial charge in [-0.1, -0.05) is 75.2 Å². The number of Topliss-reactive ketones (excluding diaryl/α,β-unsaturated/α-hetero) is 2. The van der Waals surface area contributed by atoms with Crippen LogP contribution in [0.5, 0.6) is 0 Å². The van der Waals surface area contributed by atoms with Crippen LogP contribution in [-0.2, 0) is 12.8 Å². The van der Waals surface area contributed by atoms with Gasteiger partial charge in [0.1, 0.15) is 0 Å². The highest BCUT2D eigenvalue weighted by Gasteiger charge is 2.48. The minimum Gasteiger partial charge on any atom is -0.290 e. The third-order valence-electron chi connectivity index (χ3n) is 4.06. The number of carbonyl (C=O) groups is 2. The molecule has 4 rings (SSSR count). The number of rotatable bonds is 0. The molecule has 0 fully saturated rings. The van der Waals surface area contributed by atoms with Crippen LogP contribution in [0.15, 0.2) is 24.3 Å². The molecule has 2 nitrogen and oxygen atoms in total. The van der Waals surface area contributed by atoms with Crippen LogP contribution in [0.25, 0.3) is 10.8 Å². The fraction of sp³-hybridized carbons (Fsp3) is 0.368. The van der Waals surface area contributed by atoms with E-state index in [2.05, 4.69) is 0 Å². The maximum absolute atomic E-state index is 12.3. The van der Waals surface area contributed by atoms with E-state index in [0.29, 0.717) is 11.1 Å². The first-order valence-electron chi connectivity index (χ1n) is 8.06. The van der Waals surface area contributed by atoms with Crippen molar-refractivity contribution >= 4 is 45.5 Å². The normalized spacial score (nSPS) is 16.4. The Labute approximate surface area is 146 Å². The van der Waals surface area contributed by atoms with Crippen molar-refractivity contribution in [3.63, 3.8) is 0 Å². The Morgan fingerprint density at radius 1 is 0.739 bits per heavy atom. The standard InChI is InChI=1S/C15H8Cl2O2.2C2H6/c16-15(17)13(18)9-5-3-7-1-2-8-4-6-10(14(15)19)12(9)11(7)8;2*1-2/h3-6H,1-2H2;2*1-2H3. The molecule has 2 aromatic rings. The third-order valence-corrected chi connectivity index (χ3v) is 4.74. The number of hydrogen-bond acceptors (Lipinski definition) is 2. The average molecular weight is 351 g/mol. The Bertz CT molecular complexity index is 731. The maximum Gasteiger partial charge on any atom is 0.242 e. The lowest BCUT2D eigenvalue weighted by molar-refractivity contribution is 0.0875. The van der Waals surface area contributed by atoms with Crippen LogP contribution < -0.4 is 0 Å². The molecule has 0 unspecified atom stereocenters. The van der Waals surface area contributed by atoms with E-state index in [1.54, 1.807) is 12.1 Å². The molecule has 2 aliphatic carbocycles. The van der Waals surface area contributed by atoms with E-state index in [-0.39, 0.29) is 0 Å². The highest BCUT2D eigenvalue weighted by atomic mass is 35.5. The van der Waals surface area contributed by atoms with Crippen molar-refractivity contribution in [1.82, 2.24) is 0 Å². The van der Waals surface area contributed by atoms with Gasteiger partial charge in [-0.25, -0.2) is 0 Å². The molecule has 2 aromatic carbocycles. The summed E-state index contributed by atoms with van der Waals surface area (Å²) in [6.45, 7) is 8.00. The number of benzene rings is 2. The second-order valence-corrected chi connectivity index (χ2v) is 6.35. The van der Waals surface area contributed by atoms with Gasteiger partial charge < -0.3 is 0 Å². The van der Waals surface area contributed by atoms with Crippen molar-refractivity contribution in [2.24, 2.45) is 0 Å². The van der Waals surface area contributed by atoms with E-state index in [9.17, 15) is 9.59 Å². The van der Waals surface area contributed by atoms with Crippen LogP contribution in [0.1, 0.15) is 59.5 Å². The van der Waals surface area contributed by atoms with Gasteiger partial charge in [0, 0.05) is 16.5 Å². The topological polar surface area (TPSA) is 34.1 Å². The molecule has 23 heavy (non-hydrogen) atoms. The summed E-state index contributed by atoms with van der Waals surface area (Å²) in [6.07, 6.45) is 1.90. The van der Waals surface area contributed by atoms with Gasteiger partial charge in [0.15, 0.2) is 0 Å². The molecule has 0 atom stereocenters. The number of aryl methyl sites for hydroxylation is 2. The van der Waals surface area contributed by atoms with Crippen molar-refractivity contribution in [3.05, 3.63) is 46.5 Å². The van der Waals surface area contributed by atoms with Gasteiger partial charge in [-0.2, -0.15) is 0 Å². The van der Waals surface area contributed by atoms with Gasteiger partial charge in [-0.3, -0.25) is 9.59 Å². The number of halogens is 2. The molecule has 0 spiro atoms. The zero-order chi connectivity index (χ0) is 17.4. The van der Waals surface area contributed by atoms with E-state index < -0.39 is 15.9 Å². The number of hydrogen-bond donors (Lipinski definition) is 0. The SMILES string of the molecule is CC.CC.O=C1c2ccc3c4c(ccc(c24)C(=O)C1(Cl)Cl)CC3. The molecule has 0 aliphatic heterocycles. The molecule has 4 heteroatoms. The smallest absolute Gasteiger partial charge is 0.242 e. The minimum absolute atomic E-state index is 0.460. The highest BCUT2D eigenvalue weighted by molar-refractivity contribution is 6.72. The van der Waals surface area contributed by atoms with E-state index in [4.69, 9.17) is 23.2 Å². The van der Waals surface area contributed by atoms with Gasteiger partial charge in [0.25, 0.3) is 0 Å². The number of carbonyl (C=O) groups excluding carboxylic acids is 2. The molecule has 0 saturated heterocycles. The quantitative estimate of drug-likeness (QED) is 0.461. The van der Waals surface area contributed by atoms with Crippen molar-refractivity contribution in [2.75, 3.05) is 0 Å². The Morgan fingerprint density at radius 3 is 1.52 bits per heavy atom. The predicted octanol–water partition coefficient (Wildman–Crippen LogP) is 5.54. The van der Waals surface area contributed by atoms with Gasteiger partial charge in [-0.05, 0) is 29.4 Å². The summed E-state index contributed by atoms with van der Waals surface area (Å²) in [6, 6.07) is 7.36. The molecular weight excluding hydrogens is 331 g/mol. The van der Waals surface area contributed by atoms with Gasteiger partial charge in [0.05, 0.1) is 0 Å². The monoisotopic (exact) mass is 350 g/mol.